The Hall–Kier alpha value is -1.00. The van der Waals surface area contributed by atoms with Crippen molar-refractivity contribution in [3.8, 4) is 0 Å². The highest BCUT2D eigenvalue weighted by atomic mass is 32.2. The Morgan fingerprint density at radius 3 is 2.89 bits per heavy atom. The van der Waals surface area contributed by atoms with Crippen LogP contribution in [0.4, 0.5) is 5.69 Å². The lowest BCUT2D eigenvalue weighted by atomic mass is 10.0. The molecule has 0 unspecified atom stereocenters. The number of benzene rings is 1. The largest absolute Gasteiger partial charge is 0.320 e. The molecule has 0 aromatic heterocycles. The van der Waals surface area contributed by atoms with Crippen molar-refractivity contribution >= 4 is 23.4 Å². The third-order valence-corrected chi connectivity index (χ3v) is 4.08. The summed E-state index contributed by atoms with van der Waals surface area (Å²) in [5.41, 5.74) is 7.02. The van der Waals surface area contributed by atoms with Gasteiger partial charge in [-0.2, -0.15) is 0 Å². The molecule has 1 aliphatic rings. The van der Waals surface area contributed by atoms with Crippen molar-refractivity contribution in [2.24, 2.45) is 11.7 Å². The summed E-state index contributed by atoms with van der Waals surface area (Å²) in [5.74, 6) is 1.44. The van der Waals surface area contributed by atoms with E-state index >= 15 is 0 Å². The standard InChI is InChI=1S/C14H20N2OS/c1-10(2)9-11(15)14(17)16-7-8-18-13-6-4-3-5-12(13)16/h3-6,10-11H,7-9,15H2,1-2H3/t11-/m1/s1. The molecular weight excluding hydrogens is 244 g/mol. The van der Waals surface area contributed by atoms with E-state index in [0.29, 0.717) is 5.92 Å². The number of para-hydroxylation sites is 1. The maximum absolute atomic E-state index is 12.4. The molecule has 1 aliphatic heterocycles. The number of hydrogen-bond acceptors (Lipinski definition) is 3. The first-order valence-corrected chi connectivity index (χ1v) is 7.37. The number of hydrogen-bond donors (Lipinski definition) is 1. The first-order valence-electron chi connectivity index (χ1n) is 6.38. The Morgan fingerprint density at radius 2 is 2.17 bits per heavy atom. The van der Waals surface area contributed by atoms with E-state index < -0.39 is 0 Å². The van der Waals surface area contributed by atoms with Crippen LogP contribution in [0.1, 0.15) is 20.3 Å². The van der Waals surface area contributed by atoms with Crippen molar-refractivity contribution in [3.05, 3.63) is 24.3 Å². The maximum atomic E-state index is 12.4. The highest BCUT2D eigenvalue weighted by Crippen LogP contribution is 2.34. The van der Waals surface area contributed by atoms with Crippen LogP contribution in [0.2, 0.25) is 0 Å². The Morgan fingerprint density at radius 1 is 1.44 bits per heavy atom. The Labute approximate surface area is 113 Å². The Balaban J connectivity index is 2.17. The summed E-state index contributed by atoms with van der Waals surface area (Å²) >= 11 is 1.80. The van der Waals surface area contributed by atoms with Crippen LogP contribution in [-0.2, 0) is 4.79 Å². The van der Waals surface area contributed by atoms with E-state index in [-0.39, 0.29) is 11.9 Å². The minimum Gasteiger partial charge on any atom is -0.320 e. The van der Waals surface area contributed by atoms with Gasteiger partial charge in [-0.05, 0) is 24.5 Å². The monoisotopic (exact) mass is 264 g/mol. The molecule has 1 atom stereocenters. The van der Waals surface area contributed by atoms with Crippen molar-refractivity contribution in [1.82, 2.24) is 0 Å². The van der Waals surface area contributed by atoms with E-state index in [9.17, 15) is 4.79 Å². The smallest absolute Gasteiger partial charge is 0.243 e. The van der Waals surface area contributed by atoms with Crippen LogP contribution in [0.25, 0.3) is 0 Å². The summed E-state index contributed by atoms with van der Waals surface area (Å²) < 4.78 is 0. The summed E-state index contributed by atoms with van der Waals surface area (Å²) in [5, 5.41) is 0. The topological polar surface area (TPSA) is 46.3 Å². The molecule has 1 heterocycles. The summed E-state index contributed by atoms with van der Waals surface area (Å²) in [4.78, 5) is 15.4. The zero-order valence-corrected chi connectivity index (χ0v) is 11.7. The number of nitrogens with two attached hydrogens (primary N) is 1. The normalized spacial score (nSPS) is 16.6. The molecule has 2 rings (SSSR count). The predicted octanol–water partition coefficient (Wildman–Crippen LogP) is 2.50. The highest BCUT2D eigenvalue weighted by molar-refractivity contribution is 7.99. The fourth-order valence-electron chi connectivity index (χ4n) is 2.21. The second kappa shape index (κ2) is 5.76. The van der Waals surface area contributed by atoms with Crippen LogP contribution < -0.4 is 10.6 Å². The molecule has 3 nitrogen and oxygen atoms in total. The molecule has 0 saturated carbocycles. The van der Waals surface area contributed by atoms with Gasteiger partial charge in [0.25, 0.3) is 0 Å². The lowest BCUT2D eigenvalue weighted by molar-refractivity contribution is -0.120. The fourth-order valence-corrected chi connectivity index (χ4v) is 3.20. The third kappa shape index (κ3) is 2.87. The molecule has 0 saturated heterocycles. The van der Waals surface area contributed by atoms with E-state index in [1.54, 1.807) is 11.8 Å². The summed E-state index contributed by atoms with van der Waals surface area (Å²) in [6.07, 6.45) is 0.741. The zero-order chi connectivity index (χ0) is 13.1. The van der Waals surface area contributed by atoms with E-state index in [1.165, 1.54) is 4.90 Å². The van der Waals surface area contributed by atoms with Gasteiger partial charge in [-0.1, -0.05) is 26.0 Å². The number of nitrogens with zero attached hydrogens (tertiary/aromatic N) is 1. The van der Waals surface area contributed by atoms with Crippen LogP contribution in [-0.4, -0.2) is 24.2 Å². The summed E-state index contributed by atoms with van der Waals surface area (Å²) in [6.45, 7) is 4.94. The molecule has 1 aromatic rings. The fraction of sp³-hybridized carbons (Fsp3) is 0.500. The summed E-state index contributed by atoms with van der Waals surface area (Å²) in [6, 6.07) is 7.66. The van der Waals surface area contributed by atoms with Crippen molar-refractivity contribution < 1.29 is 4.79 Å². The molecule has 0 bridgehead atoms. The SMILES string of the molecule is CC(C)C[C@@H](N)C(=O)N1CCSc2ccccc21. The van der Waals surface area contributed by atoms with Gasteiger partial charge in [0.15, 0.2) is 0 Å². The van der Waals surface area contributed by atoms with Gasteiger partial charge < -0.3 is 10.6 Å². The second-order valence-corrected chi connectivity index (χ2v) is 6.18. The van der Waals surface area contributed by atoms with Crippen molar-refractivity contribution in [2.75, 3.05) is 17.2 Å². The lowest BCUT2D eigenvalue weighted by Crippen LogP contribution is -2.46. The second-order valence-electron chi connectivity index (χ2n) is 5.04. The number of carbonyl (C=O) groups is 1. The molecular formula is C14H20N2OS. The molecule has 2 N–H and O–H groups in total. The number of carbonyl (C=O) groups excluding carboxylic acids is 1. The highest BCUT2D eigenvalue weighted by Gasteiger charge is 2.26. The first kappa shape index (κ1) is 13.4. The van der Waals surface area contributed by atoms with Gasteiger partial charge in [0.1, 0.15) is 0 Å². The van der Waals surface area contributed by atoms with E-state index in [1.807, 2.05) is 23.1 Å². The van der Waals surface area contributed by atoms with Crippen LogP contribution in [0.3, 0.4) is 0 Å². The molecule has 98 valence electrons. The van der Waals surface area contributed by atoms with Crippen LogP contribution in [0.5, 0.6) is 0 Å². The molecule has 4 heteroatoms. The maximum Gasteiger partial charge on any atom is 0.243 e. The van der Waals surface area contributed by atoms with Gasteiger partial charge in [-0.25, -0.2) is 0 Å². The van der Waals surface area contributed by atoms with Crippen LogP contribution in [0, 0.1) is 5.92 Å². The minimum atomic E-state index is -0.388. The molecule has 0 spiro atoms. The van der Waals surface area contributed by atoms with Gasteiger partial charge in [-0.15, -0.1) is 11.8 Å². The van der Waals surface area contributed by atoms with Crippen molar-refractivity contribution in [3.63, 3.8) is 0 Å². The van der Waals surface area contributed by atoms with Gasteiger partial charge in [0.2, 0.25) is 5.91 Å². The first-order chi connectivity index (χ1) is 8.59. The van der Waals surface area contributed by atoms with Crippen LogP contribution >= 0.6 is 11.8 Å². The van der Waals surface area contributed by atoms with E-state index in [2.05, 4.69) is 19.9 Å². The molecule has 18 heavy (non-hydrogen) atoms. The van der Waals surface area contributed by atoms with Gasteiger partial charge in [-0.3, -0.25) is 4.79 Å². The lowest BCUT2D eigenvalue weighted by Gasteiger charge is -2.31. The van der Waals surface area contributed by atoms with Crippen LogP contribution in [0.15, 0.2) is 29.2 Å². The number of rotatable bonds is 3. The Bertz CT molecular complexity index is 434. The van der Waals surface area contributed by atoms with E-state index in [0.717, 1.165) is 24.4 Å². The van der Waals surface area contributed by atoms with Crippen molar-refractivity contribution in [2.45, 2.75) is 31.2 Å². The number of thioether (sulfide) groups is 1. The quantitative estimate of drug-likeness (QED) is 0.912. The molecule has 0 fully saturated rings. The van der Waals surface area contributed by atoms with Gasteiger partial charge in [0.05, 0.1) is 11.7 Å². The zero-order valence-electron chi connectivity index (χ0n) is 10.9. The van der Waals surface area contributed by atoms with Crippen molar-refractivity contribution in [1.29, 1.82) is 0 Å². The minimum absolute atomic E-state index is 0.0523. The number of fused-ring (bicyclic) bond motifs is 1. The third-order valence-electron chi connectivity index (χ3n) is 3.04. The average Bonchev–Trinajstić information content (AvgIpc) is 2.36. The molecule has 0 aliphatic carbocycles. The Kier molecular flexibility index (Phi) is 4.30. The number of anilines is 1. The molecule has 1 amide bonds. The van der Waals surface area contributed by atoms with Gasteiger partial charge >= 0.3 is 0 Å². The summed E-state index contributed by atoms with van der Waals surface area (Å²) in [7, 11) is 0. The molecule has 0 radical (unpaired) electrons. The molecule has 1 aromatic carbocycles. The average molecular weight is 264 g/mol. The number of amides is 1. The predicted molar refractivity (Wildman–Crippen MR) is 76.9 cm³/mol. The van der Waals surface area contributed by atoms with E-state index in [4.69, 9.17) is 5.73 Å². The van der Waals surface area contributed by atoms with Gasteiger partial charge in [0, 0.05) is 17.2 Å².